The molecule has 1 aromatic carbocycles. The smallest absolute Gasteiger partial charge is 0.333 e. The third-order valence-corrected chi connectivity index (χ3v) is 4.09. The second-order valence-corrected chi connectivity index (χ2v) is 6.84. The molecule has 0 spiro atoms. The molecule has 0 aliphatic rings. The second kappa shape index (κ2) is 12.1. The van der Waals surface area contributed by atoms with Crippen molar-refractivity contribution in [2.24, 2.45) is 0 Å². The van der Waals surface area contributed by atoms with Crippen LogP contribution in [0.3, 0.4) is 0 Å². The lowest BCUT2D eigenvalue weighted by Crippen LogP contribution is -2.22. The van der Waals surface area contributed by atoms with Crippen molar-refractivity contribution >= 4 is 23.5 Å². The Hall–Kier alpha value is -2.48. The van der Waals surface area contributed by atoms with Crippen LogP contribution in [0.4, 0.5) is 0 Å². The molecular weight excluding hydrogens is 384 g/mol. The van der Waals surface area contributed by atoms with Gasteiger partial charge in [-0.15, -0.1) is 0 Å². The average molecular weight is 409 g/mol. The Kier molecular flexibility index (Phi) is 10.2. The third-order valence-electron chi connectivity index (χ3n) is 3.84. The van der Waals surface area contributed by atoms with Crippen molar-refractivity contribution in [1.29, 1.82) is 0 Å². The summed E-state index contributed by atoms with van der Waals surface area (Å²) in [7, 11) is 4.19. The number of aromatic nitrogens is 1. The van der Waals surface area contributed by atoms with E-state index in [9.17, 15) is 9.59 Å². The molecule has 0 aliphatic heterocycles. The van der Waals surface area contributed by atoms with Crippen molar-refractivity contribution < 1.29 is 24.9 Å². The molecule has 0 fully saturated rings. The number of carboxylic acid groups (broad SMARTS) is 2. The fourth-order valence-corrected chi connectivity index (χ4v) is 2.53. The van der Waals surface area contributed by atoms with E-state index in [0.29, 0.717) is 5.92 Å². The predicted molar refractivity (Wildman–Crippen MR) is 107 cm³/mol. The molecule has 0 radical (unpaired) electrons. The molecule has 1 heterocycles. The van der Waals surface area contributed by atoms with Crippen molar-refractivity contribution in [3.63, 3.8) is 0 Å². The number of halogens is 1. The summed E-state index contributed by atoms with van der Waals surface area (Å²) in [5.41, 5.74) is 2.39. The minimum atomic E-state index is -1.79. The lowest BCUT2D eigenvalue weighted by molar-refractivity contribution is -0.152. The first kappa shape index (κ1) is 23.6. The summed E-state index contributed by atoms with van der Waals surface area (Å²) in [6.45, 7) is 1.03. The van der Waals surface area contributed by atoms with Crippen molar-refractivity contribution in [2.75, 3.05) is 20.6 Å². The Bertz CT molecular complexity index is 738. The molecule has 0 amide bonds. The van der Waals surface area contributed by atoms with Crippen molar-refractivity contribution in [3.8, 4) is 0 Å². The van der Waals surface area contributed by atoms with E-state index < -0.39 is 24.5 Å². The molecule has 2 atom stereocenters. The number of aliphatic carboxylic acids is 2. The fourth-order valence-electron chi connectivity index (χ4n) is 2.40. The third kappa shape index (κ3) is 8.94. The highest BCUT2D eigenvalue weighted by Crippen LogP contribution is 2.27. The fraction of sp³-hybridized carbons (Fsp3) is 0.350. The first-order chi connectivity index (χ1) is 13.2. The molecule has 1 aromatic heterocycles. The van der Waals surface area contributed by atoms with E-state index in [4.69, 9.17) is 26.9 Å². The van der Waals surface area contributed by atoms with Gasteiger partial charge < -0.3 is 20.2 Å². The van der Waals surface area contributed by atoms with Crippen LogP contribution in [0.1, 0.15) is 30.0 Å². The largest absolute Gasteiger partial charge is 0.481 e. The predicted octanol–water partition coefficient (Wildman–Crippen LogP) is 2.73. The van der Waals surface area contributed by atoms with Crippen LogP contribution < -0.4 is 0 Å². The second-order valence-electron chi connectivity index (χ2n) is 6.40. The van der Waals surface area contributed by atoms with Gasteiger partial charge in [0.2, 0.25) is 0 Å². The SMILES string of the molecule is CN(C)CCC(c1ccc(Cl)cc1)c1ccccn1.O=C(O)CC(O)C(=O)O. The van der Waals surface area contributed by atoms with Crippen LogP contribution in [-0.2, 0) is 9.59 Å². The number of nitrogens with zero attached hydrogens (tertiary/aromatic N) is 2. The van der Waals surface area contributed by atoms with Gasteiger partial charge in [-0.3, -0.25) is 9.78 Å². The summed E-state index contributed by atoms with van der Waals surface area (Å²) in [6.07, 6.45) is 0.358. The van der Waals surface area contributed by atoms with Gasteiger partial charge >= 0.3 is 11.9 Å². The average Bonchev–Trinajstić information content (AvgIpc) is 2.64. The van der Waals surface area contributed by atoms with Crippen LogP contribution >= 0.6 is 11.6 Å². The number of aliphatic hydroxyl groups is 1. The number of carbonyl (C=O) groups is 2. The molecule has 8 heteroatoms. The Morgan fingerprint density at radius 1 is 1.11 bits per heavy atom. The summed E-state index contributed by atoms with van der Waals surface area (Å²) < 4.78 is 0. The molecule has 0 aliphatic carbocycles. The van der Waals surface area contributed by atoms with Crippen LogP contribution in [0.15, 0.2) is 48.7 Å². The molecule has 2 aromatic rings. The highest BCUT2D eigenvalue weighted by Gasteiger charge is 2.16. The van der Waals surface area contributed by atoms with E-state index in [2.05, 4.69) is 42.2 Å². The molecule has 0 saturated heterocycles. The van der Waals surface area contributed by atoms with Gasteiger partial charge in [-0.25, -0.2) is 4.79 Å². The zero-order valence-electron chi connectivity index (χ0n) is 15.8. The van der Waals surface area contributed by atoms with Crippen LogP contribution in [0.25, 0.3) is 0 Å². The first-order valence-electron chi connectivity index (χ1n) is 8.64. The number of rotatable bonds is 8. The van der Waals surface area contributed by atoms with Crippen molar-refractivity contribution in [3.05, 3.63) is 64.9 Å². The van der Waals surface area contributed by atoms with E-state index in [0.717, 1.165) is 23.7 Å². The Balaban J connectivity index is 0.000000370. The number of carboxylic acids is 2. The molecular formula is C20H25ClN2O5. The van der Waals surface area contributed by atoms with Gasteiger partial charge in [0, 0.05) is 22.8 Å². The topological polar surface area (TPSA) is 111 Å². The molecule has 152 valence electrons. The molecule has 28 heavy (non-hydrogen) atoms. The highest BCUT2D eigenvalue weighted by atomic mass is 35.5. The van der Waals surface area contributed by atoms with Crippen LogP contribution in [0.5, 0.6) is 0 Å². The number of pyridine rings is 1. The monoisotopic (exact) mass is 408 g/mol. The molecule has 0 saturated carbocycles. The molecule has 0 bridgehead atoms. The van der Waals surface area contributed by atoms with E-state index in [1.165, 1.54) is 5.56 Å². The maximum atomic E-state index is 9.72. The molecule has 2 rings (SSSR count). The minimum absolute atomic E-state index is 0.320. The maximum absolute atomic E-state index is 9.72. The molecule has 3 N–H and O–H groups in total. The number of hydrogen-bond donors (Lipinski definition) is 3. The quantitative estimate of drug-likeness (QED) is 0.615. The van der Waals surface area contributed by atoms with Crippen molar-refractivity contribution in [1.82, 2.24) is 9.88 Å². The Morgan fingerprint density at radius 2 is 1.75 bits per heavy atom. The minimum Gasteiger partial charge on any atom is -0.481 e. The summed E-state index contributed by atoms with van der Waals surface area (Å²) in [5, 5.41) is 24.9. The standard InChI is InChI=1S/C16H19ClN2.C4H6O5/c1-19(2)12-10-15(16-5-3-4-11-18-16)13-6-8-14(17)9-7-13;5-2(4(8)9)1-3(6)7/h3-9,11,15H,10,12H2,1-2H3;2,5H,1H2,(H,6,7)(H,8,9). The van der Waals surface area contributed by atoms with Crippen LogP contribution in [-0.4, -0.2) is 63.9 Å². The first-order valence-corrected chi connectivity index (χ1v) is 9.02. The Labute approximate surface area is 169 Å². The number of hydrogen-bond acceptors (Lipinski definition) is 5. The van der Waals surface area contributed by atoms with E-state index in [-0.39, 0.29) is 0 Å². The summed E-state index contributed by atoms with van der Waals surface area (Å²) >= 11 is 5.97. The van der Waals surface area contributed by atoms with E-state index >= 15 is 0 Å². The van der Waals surface area contributed by atoms with E-state index in [1.807, 2.05) is 30.5 Å². The molecule has 2 unspecified atom stereocenters. The van der Waals surface area contributed by atoms with Gasteiger partial charge in [-0.2, -0.15) is 0 Å². The van der Waals surface area contributed by atoms with E-state index in [1.54, 1.807) is 0 Å². The number of aliphatic hydroxyl groups excluding tert-OH is 1. The molecule has 7 nitrogen and oxygen atoms in total. The van der Waals surface area contributed by atoms with Crippen LogP contribution in [0.2, 0.25) is 5.02 Å². The van der Waals surface area contributed by atoms with Gasteiger partial charge in [0.25, 0.3) is 0 Å². The summed E-state index contributed by atoms with van der Waals surface area (Å²) in [4.78, 5) is 26.1. The lowest BCUT2D eigenvalue weighted by Gasteiger charge is -2.19. The van der Waals surface area contributed by atoms with Crippen LogP contribution in [0, 0.1) is 0 Å². The summed E-state index contributed by atoms with van der Waals surface area (Å²) in [6, 6.07) is 14.2. The normalized spacial score (nSPS) is 12.6. The van der Waals surface area contributed by atoms with Gasteiger partial charge in [-0.05, 0) is 56.9 Å². The van der Waals surface area contributed by atoms with Crippen molar-refractivity contribution in [2.45, 2.75) is 24.9 Å². The van der Waals surface area contributed by atoms with Gasteiger partial charge in [0.1, 0.15) is 0 Å². The number of benzene rings is 1. The van der Waals surface area contributed by atoms with Gasteiger partial charge in [0.05, 0.1) is 6.42 Å². The Morgan fingerprint density at radius 3 is 2.18 bits per heavy atom. The lowest BCUT2D eigenvalue weighted by atomic mass is 9.92. The maximum Gasteiger partial charge on any atom is 0.333 e. The van der Waals surface area contributed by atoms with Gasteiger partial charge in [0.15, 0.2) is 6.10 Å². The van der Waals surface area contributed by atoms with Gasteiger partial charge in [-0.1, -0.05) is 29.8 Å². The highest BCUT2D eigenvalue weighted by molar-refractivity contribution is 6.30. The summed E-state index contributed by atoms with van der Waals surface area (Å²) in [5.74, 6) is -2.52. The zero-order valence-corrected chi connectivity index (χ0v) is 16.6. The zero-order chi connectivity index (χ0) is 21.1.